The Balaban J connectivity index is 1.73. The van der Waals surface area contributed by atoms with Gasteiger partial charge in [-0.2, -0.15) is 0 Å². The van der Waals surface area contributed by atoms with Gasteiger partial charge in [-0.05, 0) is 37.0 Å². The van der Waals surface area contributed by atoms with Crippen LogP contribution in [-0.2, 0) is 21.2 Å². The molecule has 0 spiro atoms. The summed E-state index contributed by atoms with van der Waals surface area (Å²) >= 11 is 11.9. The minimum atomic E-state index is -3.31. The maximum Gasteiger partial charge on any atom is 0.221 e. The van der Waals surface area contributed by atoms with Crippen molar-refractivity contribution in [1.29, 1.82) is 0 Å². The molecule has 8 heteroatoms. The molecule has 1 saturated heterocycles. The summed E-state index contributed by atoms with van der Waals surface area (Å²) in [5, 5.41) is 3.85. The number of nitrogens with one attached hydrogen (secondary N) is 1. The van der Waals surface area contributed by atoms with E-state index in [9.17, 15) is 13.2 Å². The van der Waals surface area contributed by atoms with Gasteiger partial charge in [0.2, 0.25) is 15.9 Å². The SMILES string of the molecule is O=C(CCS(=O)(=O)N1CCCC1)NCCc1ccc(Cl)cc1Cl. The maximum absolute atomic E-state index is 12.0. The van der Waals surface area contributed by atoms with Crippen LogP contribution in [0.2, 0.25) is 10.0 Å². The first-order valence-electron chi connectivity index (χ1n) is 7.57. The third-order valence-electron chi connectivity index (χ3n) is 3.78. The lowest BCUT2D eigenvalue weighted by Gasteiger charge is -2.15. The zero-order chi connectivity index (χ0) is 16.9. The molecule has 1 aliphatic heterocycles. The molecule has 2 rings (SSSR count). The highest BCUT2D eigenvalue weighted by atomic mass is 35.5. The average Bonchev–Trinajstić information content (AvgIpc) is 3.03. The first kappa shape index (κ1) is 18.5. The second-order valence-corrected chi connectivity index (χ2v) is 8.44. The van der Waals surface area contributed by atoms with E-state index in [1.54, 1.807) is 12.1 Å². The van der Waals surface area contributed by atoms with Gasteiger partial charge in [0.1, 0.15) is 0 Å². The Kier molecular flexibility index (Phi) is 6.71. The van der Waals surface area contributed by atoms with E-state index in [0.29, 0.717) is 36.1 Å². The first-order valence-corrected chi connectivity index (χ1v) is 9.93. The molecule has 0 atom stereocenters. The fourth-order valence-electron chi connectivity index (χ4n) is 2.47. The molecular formula is C15H20Cl2N2O3S. The first-order chi connectivity index (χ1) is 10.9. The Morgan fingerprint density at radius 3 is 2.57 bits per heavy atom. The number of carbonyl (C=O) groups excluding carboxylic acids is 1. The number of halogens is 2. The molecule has 1 amide bonds. The summed E-state index contributed by atoms with van der Waals surface area (Å²) in [6.45, 7) is 1.54. The number of sulfonamides is 1. The van der Waals surface area contributed by atoms with E-state index in [0.717, 1.165) is 18.4 Å². The van der Waals surface area contributed by atoms with Gasteiger partial charge in [-0.25, -0.2) is 12.7 Å². The molecule has 0 saturated carbocycles. The minimum Gasteiger partial charge on any atom is -0.356 e. The smallest absolute Gasteiger partial charge is 0.221 e. The van der Waals surface area contributed by atoms with Crippen LogP contribution in [0.4, 0.5) is 0 Å². The van der Waals surface area contributed by atoms with Crippen LogP contribution < -0.4 is 5.32 Å². The van der Waals surface area contributed by atoms with E-state index >= 15 is 0 Å². The molecule has 1 aromatic carbocycles. The van der Waals surface area contributed by atoms with Crippen molar-refractivity contribution >= 4 is 39.1 Å². The summed E-state index contributed by atoms with van der Waals surface area (Å²) in [7, 11) is -3.31. The number of hydrogen-bond acceptors (Lipinski definition) is 3. The van der Waals surface area contributed by atoms with Gasteiger partial charge >= 0.3 is 0 Å². The highest BCUT2D eigenvalue weighted by Gasteiger charge is 2.25. The minimum absolute atomic E-state index is 0.0207. The second-order valence-electron chi connectivity index (χ2n) is 5.51. The fourth-order valence-corrected chi connectivity index (χ4v) is 4.49. The van der Waals surface area contributed by atoms with Crippen molar-refractivity contribution in [2.24, 2.45) is 0 Å². The molecule has 0 radical (unpaired) electrons. The van der Waals surface area contributed by atoms with Crippen molar-refractivity contribution in [3.05, 3.63) is 33.8 Å². The molecule has 0 bridgehead atoms. The predicted molar refractivity (Wildman–Crippen MR) is 92.4 cm³/mol. The van der Waals surface area contributed by atoms with Crippen LogP contribution in [-0.4, -0.2) is 44.0 Å². The molecular weight excluding hydrogens is 359 g/mol. The number of hydrogen-bond donors (Lipinski definition) is 1. The van der Waals surface area contributed by atoms with E-state index in [-0.39, 0.29) is 18.1 Å². The molecule has 1 heterocycles. The van der Waals surface area contributed by atoms with Crippen molar-refractivity contribution < 1.29 is 13.2 Å². The van der Waals surface area contributed by atoms with E-state index in [4.69, 9.17) is 23.2 Å². The lowest BCUT2D eigenvalue weighted by Crippen LogP contribution is -2.33. The standard InChI is InChI=1S/C15H20Cl2N2O3S/c16-13-4-3-12(14(17)11-13)5-7-18-15(20)6-10-23(21,22)19-8-1-2-9-19/h3-4,11H,1-2,5-10H2,(H,18,20). The summed E-state index contributed by atoms with van der Waals surface area (Å²) in [5.74, 6) is -0.404. The number of benzene rings is 1. The Morgan fingerprint density at radius 2 is 1.91 bits per heavy atom. The quantitative estimate of drug-likeness (QED) is 0.792. The van der Waals surface area contributed by atoms with Gasteiger partial charge < -0.3 is 5.32 Å². The zero-order valence-corrected chi connectivity index (χ0v) is 15.1. The number of carbonyl (C=O) groups is 1. The van der Waals surface area contributed by atoms with Crippen LogP contribution in [0, 0.1) is 0 Å². The van der Waals surface area contributed by atoms with Crippen molar-refractivity contribution in [2.75, 3.05) is 25.4 Å². The molecule has 1 N–H and O–H groups in total. The van der Waals surface area contributed by atoms with Gasteiger partial charge in [0, 0.05) is 36.1 Å². The van der Waals surface area contributed by atoms with E-state index in [1.807, 2.05) is 6.07 Å². The molecule has 5 nitrogen and oxygen atoms in total. The van der Waals surface area contributed by atoms with Crippen molar-refractivity contribution in [3.8, 4) is 0 Å². The Bertz CT molecular complexity index is 659. The lowest BCUT2D eigenvalue weighted by molar-refractivity contribution is -0.120. The number of amides is 1. The highest BCUT2D eigenvalue weighted by Crippen LogP contribution is 2.21. The van der Waals surface area contributed by atoms with Gasteiger partial charge in [0.25, 0.3) is 0 Å². The van der Waals surface area contributed by atoms with Crippen LogP contribution in [0.25, 0.3) is 0 Å². The van der Waals surface area contributed by atoms with Crippen molar-refractivity contribution in [1.82, 2.24) is 9.62 Å². The summed E-state index contributed by atoms with van der Waals surface area (Å²) in [6.07, 6.45) is 2.34. The van der Waals surface area contributed by atoms with E-state index in [2.05, 4.69) is 5.32 Å². The summed E-state index contributed by atoms with van der Waals surface area (Å²) in [4.78, 5) is 11.8. The van der Waals surface area contributed by atoms with Gasteiger partial charge in [0.15, 0.2) is 0 Å². The Hall–Kier alpha value is -0.820. The largest absolute Gasteiger partial charge is 0.356 e. The fraction of sp³-hybridized carbons (Fsp3) is 0.533. The van der Waals surface area contributed by atoms with Crippen LogP contribution in [0.3, 0.4) is 0 Å². The highest BCUT2D eigenvalue weighted by molar-refractivity contribution is 7.89. The molecule has 0 aliphatic carbocycles. The molecule has 1 aliphatic rings. The summed E-state index contributed by atoms with van der Waals surface area (Å²) in [6, 6.07) is 5.21. The van der Waals surface area contributed by atoms with Crippen LogP contribution in [0.1, 0.15) is 24.8 Å². The average molecular weight is 379 g/mol. The van der Waals surface area contributed by atoms with Gasteiger partial charge in [0.05, 0.1) is 5.75 Å². The Labute approximate surface area is 147 Å². The Morgan fingerprint density at radius 1 is 1.22 bits per heavy atom. The maximum atomic E-state index is 12.0. The summed E-state index contributed by atoms with van der Waals surface area (Å²) in [5.41, 5.74) is 0.890. The molecule has 1 aromatic rings. The third kappa shape index (κ3) is 5.64. The van der Waals surface area contributed by atoms with Gasteiger partial charge in [-0.3, -0.25) is 4.79 Å². The van der Waals surface area contributed by atoms with Crippen LogP contribution in [0.5, 0.6) is 0 Å². The van der Waals surface area contributed by atoms with E-state index in [1.165, 1.54) is 4.31 Å². The number of nitrogens with zero attached hydrogens (tertiary/aromatic N) is 1. The monoisotopic (exact) mass is 378 g/mol. The van der Waals surface area contributed by atoms with Crippen molar-refractivity contribution in [2.45, 2.75) is 25.7 Å². The molecule has 23 heavy (non-hydrogen) atoms. The second kappa shape index (κ2) is 8.33. The van der Waals surface area contributed by atoms with Crippen molar-refractivity contribution in [3.63, 3.8) is 0 Å². The molecule has 0 unspecified atom stereocenters. The lowest BCUT2D eigenvalue weighted by atomic mass is 10.1. The number of rotatable bonds is 7. The molecule has 1 fully saturated rings. The van der Waals surface area contributed by atoms with Gasteiger partial charge in [-0.1, -0.05) is 29.3 Å². The molecule has 0 aromatic heterocycles. The van der Waals surface area contributed by atoms with Crippen LogP contribution in [0.15, 0.2) is 18.2 Å². The summed E-state index contributed by atoms with van der Waals surface area (Å²) < 4.78 is 25.5. The predicted octanol–water partition coefficient (Wildman–Crippen LogP) is 2.47. The van der Waals surface area contributed by atoms with E-state index < -0.39 is 10.0 Å². The zero-order valence-electron chi connectivity index (χ0n) is 12.7. The topological polar surface area (TPSA) is 66.5 Å². The molecule has 128 valence electrons. The van der Waals surface area contributed by atoms with Crippen LogP contribution >= 0.6 is 23.2 Å². The third-order valence-corrected chi connectivity index (χ3v) is 6.24. The van der Waals surface area contributed by atoms with Gasteiger partial charge in [-0.15, -0.1) is 0 Å². The normalized spacial score (nSPS) is 15.7.